The van der Waals surface area contributed by atoms with E-state index in [1.165, 1.54) is 0 Å². The first-order valence-corrected chi connectivity index (χ1v) is 7.98. The molecule has 2 aromatic carbocycles. The van der Waals surface area contributed by atoms with Crippen molar-refractivity contribution in [2.45, 2.75) is 13.2 Å². The molecule has 5 nitrogen and oxygen atoms in total. The molecule has 0 atom stereocenters. The molecule has 3 aromatic rings. The van der Waals surface area contributed by atoms with Gasteiger partial charge in [-0.15, -0.1) is 10.2 Å². The number of aliphatic imine (C=N–C) groups is 1. The van der Waals surface area contributed by atoms with Crippen LogP contribution in [-0.4, -0.2) is 27.6 Å². The first-order chi connectivity index (χ1) is 11.8. The van der Waals surface area contributed by atoms with E-state index >= 15 is 0 Å². The lowest BCUT2D eigenvalue weighted by molar-refractivity contribution is 0.176. The minimum atomic E-state index is 0.385. The van der Waals surface area contributed by atoms with Crippen molar-refractivity contribution in [3.63, 3.8) is 0 Å². The molecular weight excluding hydrogens is 324 g/mol. The van der Waals surface area contributed by atoms with Crippen LogP contribution in [-0.2, 0) is 17.9 Å². The van der Waals surface area contributed by atoms with Crippen molar-refractivity contribution in [2.24, 2.45) is 4.99 Å². The minimum absolute atomic E-state index is 0.385. The number of methoxy groups -OCH3 is 1. The standard InChI is InChI=1S/C18H15ClN4O/c1-24-11-17-22-21-16-10-20-18(12-5-3-2-4-6-12)14-9-13(19)7-8-15(14)23(16)17/h2-9H,10-11H2,1H3. The molecular formula is C18H15ClN4O. The predicted octanol–water partition coefficient (Wildman–Crippen LogP) is 3.42. The second kappa shape index (κ2) is 6.19. The van der Waals surface area contributed by atoms with E-state index in [1.54, 1.807) is 7.11 Å². The molecule has 1 aliphatic rings. The van der Waals surface area contributed by atoms with Crippen molar-refractivity contribution in [2.75, 3.05) is 7.11 Å². The lowest BCUT2D eigenvalue weighted by Crippen LogP contribution is -2.10. The molecule has 1 aromatic heterocycles. The van der Waals surface area contributed by atoms with Crippen molar-refractivity contribution in [3.8, 4) is 5.69 Å². The summed E-state index contributed by atoms with van der Waals surface area (Å²) >= 11 is 6.26. The Bertz CT molecular complexity index is 918. The first-order valence-electron chi connectivity index (χ1n) is 7.60. The van der Waals surface area contributed by atoms with Crippen LogP contribution in [0, 0.1) is 0 Å². The third-order valence-electron chi connectivity index (χ3n) is 3.95. The Morgan fingerprint density at radius 3 is 2.75 bits per heavy atom. The van der Waals surface area contributed by atoms with Crippen LogP contribution in [0.5, 0.6) is 0 Å². The molecule has 24 heavy (non-hydrogen) atoms. The van der Waals surface area contributed by atoms with Gasteiger partial charge in [0.1, 0.15) is 13.2 Å². The number of halogens is 1. The zero-order valence-electron chi connectivity index (χ0n) is 13.1. The Balaban J connectivity index is 1.96. The average molecular weight is 339 g/mol. The average Bonchev–Trinajstić information content (AvgIpc) is 2.92. The summed E-state index contributed by atoms with van der Waals surface area (Å²) in [6.45, 7) is 0.836. The normalized spacial score (nSPS) is 13.0. The first kappa shape index (κ1) is 15.1. The number of hydrogen-bond acceptors (Lipinski definition) is 4. The summed E-state index contributed by atoms with van der Waals surface area (Å²) in [6, 6.07) is 15.9. The molecule has 0 bridgehead atoms. The summed E-state index contributed by atoms with van der Waals surface area (Å²) in [5, 5.41) is 9.18. The van der Waals surface area contributed by atoms with Crippen molar-refractivity contribution >= 4 is 17.3 Å². The molecule has 0 unspecified atom stereocenters. The van der Waals surface area contributed by atoms with Crippen molar-refractivity contribution in [3.05, 3.63) is 76.3 Å². The van der Waals surface area contributed by atoms with Gasteiger partial charge in [0.05, 0.1) is 11.4 Å². The van der Waals surface area contributed by atoms with Gasteiger partial charge in [-0.3, -0.25) is 9.56 Å². The van der Waals surface area contributed by atoms with E-state index < -0.39 is 0 Å². The maximum absolute atomic E-state index is 6.26. The molecule has 120 valence electrons. The molecule has 0 fully saturated rings. The number of nitrogens with zero attached hydrogens (tertiary/aromatic N) is 4. The third-order valence-corrected chi connectivity index (χ3v) is 4.19. The Labute approximate surface area is 144 Å². The largest absolute Gasteiger partial charge is 0.377 e. The molecule has 0 radical (unpaired) electrons. The summed E-state index contributed by atoms with van der Waals surface area (Å²) in [4.78, 5) is 4.78. The van der Waals surface area contributed by atoms with Gasteiger partial charge in [-0.25, -0.2) is 0 Å². The molecule has 0 saturated carbocycles. The summed E-state index contributed by atoms with van der Waals surface area (Å²) < 4.78 is 7.27. The van der Waals surface area contributed by atoms with Gasteiger partial charge >= 0.3 is 0 Å². The Morgan fingerprint density at radius 2 is 1.96 bits per heavy atom. The second-order valence-corrected chi connectivity index (χ2v) is 5.93. The van der Waals surface area contributed by atoms with E-state index in [0.717, 1.165) is 34.2 Å². The third kappa shape index (κ3) is 2.52. The van der Waals surface area contributed by atoms with Crippen LogP contribution >= 0.6 is 11.6 Å². The molecule has 0 N–H and O–H groups in total. The van der Waals surface area contributed by atoms with Crippen molar-refractivity contribution < 1.29 is 4.74 Å². The lowest BCUT2D eigenvalue weighted by Gasteiger charge is -2.13. The van der Waals surface area contributed by atoms with Gasteiger partial charge in [-0.1, -0.05) is 41.9 Å². The zero-order chi connectivity index (χ0) is 16.5. The molecule has 0 saturated heterocycles. The molecule has 1 aliphatic heterocycles. The highest BCUT2D eigenvalue weighted by molar-refractivity contribution is 6.31. The van der Waals surface area contributed by atoms with E-state index in [9.17, 15) is 0 Å². The van der Waals surface area contributed by atoms with E-state index in [1.807, 2.05) is 53.1 Å². The fraction of sp³-hybridized carbons (Fsp3) is 0.167. The van der Waals surface area contributed by atoms with Crippen LogP contribution in [0.4, 0.5) is 0 Å². The molecule has 0 aliphatic carbocycles. The van der Waals surface area contributed by atoms with Crippen LogP contribution in [0.1, 0.15) is 22.8 Å². The highest BCUT2D eigenvalue weighted by atomic mass is 35.5. The molecule has 0 spiro atoms. The Hall–Kier alpha value is -2.50. The highest BCUT2D eigenvalue weighted by Crippen LogP contribution is 2.28. The molecule has 0 amide bonds. The maximum Gasteiger partial charge on any atom is 0.163 e. The Morgan fingerprint density at radius 1 is 1.12 bits per heavy atom. The van der Waals surface area contributed by atoms with E-state index in [0.29, 0.717) is 18.2 Å². The van der Waals surface area contributed by atoms with Crippen LogP contribution in [0.3, 0.4) is 0 Å². The zero-order valence-corrected chi connectivity index (χ0v) is 13.9. The number of aromatic nitrogens is 3. The summed E-state index contributed by atoms with van der Waals surface area (Å²) in [6.07, 6.45) is 0. The van der Waals surface area contributed by atoms with E-state index in [-0.39, 0.29) is 0 Å². The van der Waals surface area contributed by atoms with Gasteiger partial charge in [0.15, 0.2) is 11.6 Å². The highest BCUT2D eigenvalue weighted by Gasteiger charge is 2.22. The van der Waals surface area contributed by atoms with Gasteiger partial charge in [-0.05, 0) is 18.2 Å². The number of benzene rings is 2. The SMILES string of the molecule is COCc1nnc2n1-c1ccc(Cl)cc1C(c1ccccc1)=NC2. The summed E-state index contributed by atoms with van der Waals surface area (Å²) in [5.74, 6) is 1.54. The van der Waals surface area contributed by atoms with Crippen LogP contribution in [0.2, 0.25) is 5.02 Å². The second-order valence-electron chi connectivity index (χ2n) is 5.49. The fourth-order valence-corrected chi connectivity index (χ4v) is 3.10. The maximum atomic E-state index is 6.26. The lowest BCUT2D eigenvalue weighted by atomic mass is 10.0. The van der Waals surface area contributed by atoms with Crippen LogP contribution in [0.25, 0.3) is 5.69 Å². The molecule has 4 rings (SSSR count). The van der Waals surface area contributed by atoms with Crippen molar-refractivity contribution in [1.29, 1.82) is 0 Å². The number of rotatable bonds is 3. The van der Waals surface area contributed by atoms with E-state index in [4.69, 9.17) is 21.3 Å². The predicted molar refractivity (Wildman–Crippen MR) is 92.9 cm³/mol. The molecule has 6 heteroatoms. The topological polar surface area (TPSA) is 52.3 Å². The fourth-order valence-electron chi connectivity index (χ4n) is 2.93. The van der Waals surface area contributed by atoms with Crippen LogP contribution in [0.15, 0.2) is 53.5 Å². The monoisotopic (exact) mass is 338 g/mol. The number of hydrogen-bond donors (Lipinski definition) is 0. The van der Waals surface area contributed by atoms with Gasteiger partial charge < -0.3 is 4.74 Å². The smallest absolute Gasteiger partial charge is 0.163 e. The van der Waals surface area contributed by atoms with Gasteiger partial charge in [0.25, 0.3) is 0 Å². The summed E-state index contributed by atoms with van der Waals surface area (Å²) in [5.41, 5.74) is 3.88. The van der Waals surface area contributed by atoms with E-state index in [2.05, 4.69) is 10.2 Å². The summed E-state index contributed by atoms with van der Waals surface area (Å²) in [7, 11) is 1.65. The number of ether oxygens (including phenoxy) is 1. The number of fused-ring (bicyclic) bond motifs is 3. The quantitative estimate of drug-likeness (QED) is 0.735. The van der Waals surface area contributed by atoms with Crippen molar-refractivity contribution in [1.82, 2.24) is 14.8 Å². The minimum Gasteiger partial charge on any atom is -0.377 e. The Kier molecular flexibility index (Phi) is 3.88. The van der Waals surface area contributed by atoms with Crippen LogP contribution < -0.4 is 0 Å². The van der Waals surface area contributed by atoms with Gasteiger partial charge in [-0.2, -0.15) is 0 Å². The molecule has 2 heterocycles. The van der Waals surface area contributed by atoms with Gasteiger partial charge in [0.2, 0.25) is 0 Å². The van der Waals surface area contributed by atoms with Gasteiger partial charge in [0, 0.05) is 23.3 Å².